The fourth-order valence-corrected chi connectivity index (χ4v) is 4.71. The SMILES string of the molecule is Cc1cccc(C(N)=C(C=N)c2ccc3ncc(NCCN4CCC(CC(C)C)C4)cc3n2)n1. The van der Waals surface area contributed by atoms with Gasteiger partial charge in [-0.1, -0.05) is 19.9 Å². The van der Waals surface area contributed by atoms with E-state index in [1.807, 2.05) is 49.5 Å². The third-order valence-electron chi connectivity index (χ3n) is 6.34. The van der Waals surface area contributed by atoms with Crippen molar-refractivity contribution in [2.75, 3.05) is 31.5 Å². The van der Waals surface area contributed by atoms with E-state index in [0.29, 0.717) is 22.7 Å². The van der Waals surface area contributed by atoms with Gasteiger partial charge in [-0.25, -0.2) is 4.98 Å². The van der Waals surface area contributed by atoms with Crippen molar-refractivity contribution in [1.29, 1.82) is 5.41 Å². The first kappa shape index (κ1) is 23.8. The van der Waals surface area contributed by atoms with Gasteiger partial charge in [0.1, 0.15) is 0 Å². The van der Waals surface area contributed by atoms with Crippen LogP contribution in [0.3, 0.4) is 0 Å². The fraction of sp³-hybridized carbons (Fsp3) is 0.407. The second kappa shape index (κ2) is 10.7. The molecule has 4 heterocycles. The Hall–Kier alpha value is -3.32. The molecule has 34 heavy (non-hydrogen) atoms. The Labute approximate surface area is 202 Å². The summed E-state index contributed by atoms with van der Waals surface area (Å²) < 4.78 is 0. The van der Waals surface area contributed by atoms with Gasteiger partial charge in [-0.15, -0.1) is 0 Å². The molecule has 7 nitrogen and oxygen atoms in total. The summed E-state index contributed by atoms with van der Waals surface area (Å²) in [4.78, 5) is 16.4. The first-order valence-corrected chi connectivity index (χ1v) is 12.1. The fourth-order valence-electron chi connectivity index (χ4n) is 4.71. The molecule has 0 saturated carbocycles. The molecule has 1 aliphatic rings. The van der Waals surface area contributed by atoms with Gasteiger partial charge >= 0.3 is 0 Å². The largest absolute Gasteiger partial charge is 0.396 e. The highest BCUT2D eigenvalue weighted by Gasteiger charge is 2.22. The van der Waals surface area contributed by atoms with Gasteiger partial charge in [0, 0.05) is 37.1 Å². The van der Waals surface area contributed by atoms with Crippen LogP contribution in [0.1, 0.15) is 43.8 Å². The van der Waals surface area contributed by atoms with Gasteiger partial charge < -0.3 is 21.4 Å². The summed E-state index contributed by atoms with van der Waals surface area (Å²) in [6.07, 6.45) is 5.73. The summed E-state index contributed by atoms with van der Waals surface area (Å²) in [6, 6.07) is 11.5. The lowest BCUT2D eigenvalue weighted by molar-refractivity contribution is 0.323. The number of aromatic nitrogens is 3. The van der Waals surface area contributed by atoms with Crippen LogP contribution < -0.4 is 11.1 Å². The second-order valence-corrected chi connectivity index (χ2v) is 9.61. The maximum absolute atomic E-state index is 7.94. The molecule has 1 saturated heterocycles. The zero-order valence-corrected chi connectivity index (χ0v) is 20.4. The summed E-state index contributed by atoms with van der Waals surface area (Å²) in [7, 11) is 0. The number of anilines is 1. The molecule has 178 valence electrons. The quantitative estimate of drug-likeness (QED) is 0.406. The van der Waals surface area contributed by atoms with Gasteiger partial charge in [0.2, 0.25) is 0 Å². The maximum Gasteiger partial charge on any atom is 0.0914 e. The van der Waals surface area contributed by atoms with E-state index in [-0.39, 0.29) is 0 Å². The Kier molecular flexibility index (Phi) is 7.53. The molecule has 4 N–H and O–H groups in total. The van der Waals surface area contributed by atoms with Crippen molar-refractivity contribution < 1.29 is 0 Å². The molecule has 0 aliphatic carbocycles. The average molecular weight is 458 g/mol. The average Bonchev–Trinajstić information content (AvgIpc) is 3.25. The number of fused-ring (bicyclic) bond motifs is 1. The molecule has 3 aromatic rings. The predicted molar refractivity (Wildman–Crippen MR) is 141 cm³/mol. The Morgan fingerprint density at radius 1 is 1.21 bits per heavy atom. The summed E-state index contributed by atoms with van der Waals surface area (Å²) in [5.74, 6) is 1.61. The zero-order chi connectivity index (χ0) is 24.1. The highest BCUT2D eigenvalue weighted by molar-refractivity contribution is 6.17. The predicted octanol–water partition coefficient (Wildman–Crippen LogP) is 4.59. The van der Waals surface area contributed by atoms with E-state index in [1.54, 1.807) is 0 Å². The number of pyridine rings is 3. The molecule has 7 heteroatoms. The Bertz CT molecular complexity index is 1180. The van der Waals surface area contributed by atoms with Crippen molar-refractivity contribution in [1.82, 2.24) is 19.9 Å². The van der Waals surface area contributed by atoms with Gasteiger partial charge in [-0.3, -0.25) is 9.97 Å². The van der Waals surface area contributed by atoms with E-state index in [4.69, 9.17) is 16.1 Å². The number of allylic oxidation sites excluding steroid dienone is 1. The lowest BCUT2D eigenvalue weighted by Crippen LogP contribution is -2.27. The zero-order valence-electron chi connectivity index (χ0n) is 20.4. The van der Waals surface area contributed by atoms with Crippen molar-refractivity contribution in [3.8, 4) is 0 Å². The van der Waals surface area contributed by atoms with Crippen molar-refractivity contribution in [3.05, 3.63) is 59.7 Å². The van der Waals surface area contributed by atoms with Crippen LogP contribution >= 0.6 is 0 Å². The van der Waals surface area contributed by atoms with Crippen molar-refractivity contribution in [3.63, 3.8) is 0 Å². The molecule has 0 radical (unpaired) electrons. The van der Waals surface area contributed by atoms with Crippen LogP contribution in [0.15, 0.2) is 42.6 Å². The van der Waals surface area contributed by atoms with Crippen LogP contribution in [0.25, 0.3) is 22.3 Å². The van der Waals surface area contributed by atoms with Gasteiger partial charge in [-0.2, -0.15) is 0 Å². The smallest absolute Gasteiger partial charge is 0.0914 e. The molecule has 1 atom stereocenters. The number of hydrogen-bond acceptors (Lipinski definition) is 7. The van der Waals surface area contributed by atoms with Crippen molar-refractivity contribution >= 4 is 34.2 Å². The van der Waals surface area contributed by atoms with Gasteiger partial charge in [0.25, 0.3) is 0 Å². The summed E-state index contributed by atoms with van der Waals surface area (Å²) in [5.41, 5.74) is 12.0. The minimum Gasteiger partial charge on any atom is -0.396 e. The first-order chi connectivity index (χ1) is 16.4. The van der Waals surface area contributed by atoms with Crippen LogP contribution in [0, 0.1) is 24.2 Å². The summed E-state index contributed by atoms with van der Waals surface area (Å²) in [5, 5.41) is 11.4. The lowest BCUT2D eigenvalue weighted by Gasteiger charge is -2.17. The highest BCUT2D eigenvalue weighted by Crippen LogP contribution is 2.24. The molecule has 1 fully saturated rings. The van der Waals surface area contributed by atoms with Crippen molar-refractivity contribution in [2.45, 2.75) is 33.6 Å². The second-order valence-electron chi connectivity index (χ2n) is 9.61. The van der Waals surface area contributed by atoms with Gasteiger partial charge in [0.05, 0.1) is 40.0 Å². The number of nitrogens with one attached hydrogen (secondary N) is 2. The molecular formula is C27H35N7. The number of aryl methyl sites for hydroxylation is 1. The number of nitrogens with zero attached hydrogens (tertiary/aromatic N) is 4. The topological polar surface area (TPSA) is 104 Å². The Morgan fingerprint density at radius 3 is 2.82 bits per heavy atom. The van der Waals surface area contributed by atoms with Gasteiger partial charge in [0.15, 0.2) is 0 Å². The van der Waals surface area contributed by atoms with Crippen LogP contribution in [0.5, 0.6) is 0 Å². The Balaban J connectivity index is 1.46. The molecule has 0 bridgehead atoms. The molecular weight excluding hydrogens is 422 g/mol. The van der Waals surface area contributed by atoms with E-state index in [2.05, 4.69) is 34.0 Å². The van der Waals surface area contributed by atoms with Crippen LogP contribution in [0.2, 0.25) is 0 Å². The minimum atomic E-state index is 0.439. The van der Waals surface area contributed by atoms with Gasteiger partial charge in [-0.05, 0) is 68.5 Å². The number of nitrogens with two attached hydrogens (primary N) is 1. The number of rotatable bonds is 9. The van der Waals surface area contributed by atoms with E-state index in [1.165, 1.54) is 32.1 Å². The van der Waals surface area contributed by atoms with Crippen LogP contribution in [-0.2, 0) is 0 Å². The molecule has 1 aliphatic heterocycles. The third-order valence-corrected chi connectivity index (χ3v) is 6.34. The van der Waals surface area contributed by atoms with E-state index in [9.17, 15) is 0 Å². The van der Waals surface area contributed by atoms with Crippen LogP contribution in [0.4, 0.5) is 5.69 Å². The monoisotopic (exact) mass is 457 g/mol. The highest BCUT2D eigenvalue weighted by atomic mass is 15.2. The molecule has 0 spiro atoms. The molecule has 3 aromatic heterocycles. The molecule has 0 amide bonds. The first-order valence-electron chi connectivity index (χ1n) is 12.1. The summed E-state index contributed by atoms with van der Waals surface area (Å²) in [6.45, 7) is 10.8. The molecule has 1 unspecified atom stereocenters. The molecule has 4 rings (SSSR count). The van der Waals surface area contributed by atoms with Crippen molar-refractivity contribution in [2.24, 2.45) is 17.6 Å². The van der Waals surface area contributed by atoms with E-state index < -0.39 is 0 Å². The maximum atomic E-state index is 7.94. The third kappa shape index (κ3) is 5.78. The van der Waals surface area contributed by atoms with E-state index >= 15 is 0 Å². The standard InChI is InChI=1S/C27H35N7/c1-18(2)13-20-9-11-34(17-20)12-10-30-21-14-26-24(31-16-21)8-7-23(33-26)22(15-28)27(29)25-6-4-5-19(3)32-25/h4-8,14-16,18,20,28,30H,9-13,17,29H2,1-3H3. The normalized spacial score (nSPS) is 17.2. The number of hydrogen-bond donors (Lipinski definition) is 3. The Morgan fingerprint density at radius 2 is 2.06 bits per heavy atom. The van der Waals surface area contributed by atoms with Crippen LogP contribution in [-0.4, -0.2) is 52.2 Å². The molecule has 0 aromatic carbocycles. The lowest BCUT2D eigenvalue weighted by atomic mass is 9.97. The number of likely N-dealkylation sites (tertiary alicyclic amines) is 1. The minimum absolute atomic E-state index is 0.439. The summed E-state index contributed by atoms with van der Waals surface area (Å²) >= 11 is 0. The van der Waals surface area contributed by atoms with E-state index in [0.717, 1.165) is 47.3 Å².